The van der Waals surface area contributed by atoms with Crippen molar-refractivity contribution >= 4 is 16.9 Å². The second-order valence-electron chi connectivity index (χ2n) is 6.06. The Kier molecular flexibility index (Phi) is 3.90. The molecule has 25 heavy (non-hydrogen) atoms. The number of aromatic nitrogens is 4. The number of hydrogen-bond acceptors (Lipinski definition) is 4. The van der Waals surface area contributed by atoms with Crippen molar-refractivity contribution in [3.05, 3.63) is 77.6 Å². The van der Waals surface area contributed by atoms with Crippen LogP contribution in [-0.4, -0.2) is 19.7 Å². The fraction of sp³-hybridized carbons (Fsp3) is 0.150. The maximum atomic E-state index is 4.81. The van der Waals surface area contributed by atoms with Gasteiger partial charge in [-0.1, -0.05) is 42.5 Å². The van der Waals surface area contributed by atoms with Gasteiger partial charge in [0.2, 0.25) is 0 Å². The third-order valence-electron chi connectivity index (χ3n) is 4.07. The predicted octanol–water partition coefficient (Wildman–Crippen LogP) is 4.04. The first-order valence-electron chi connectivity index (χ1n) is 8.29. The van der Waals surface area contributed by atoms with E-state index < -0.39 is 0 Å². The van der Waals surface area contributed by atoms with Crippen LogP contribution in [-0.2, 0) is 6.54 Å². The molecule has 0 aliphatic heterocycles. The molecule has 2 heterocycles. The van der Waals surface area contributed by atoms with Gasteiger partial charge in [0.25, 0.3) is 0 Å². The third kappa shape index (κ3) is 3.08. The summed E-state index contributed by atoms with van der Waals surface area (Å²) in [6, 6.07) is 20.2. The van der Waals surface area contributed by atoms with Gasteiger partial charge in [-0.2, -0.15) is 5.10 Å². The lowest BCUT2D eigenvalue weighted by molar-refractivity contribution is 0.805. The van der Waals surface area contributed by atoms with Crippen LogP contribution in [0.15, 0.2) is 60.7 Å². The van der Waals surface area contributed by atoms with Crippen LogP contribution in [0, 0.1) is 13.8 Å². The lowest BCUT2D eigenvalue weighted by Gasteiger charge is -2.13. The van der Waals surface area contributed by atoms with E-state index in [0.717, 1.165) is 34.1 Å². The molecule has 5 heteroatoms. The second kappa shape index (κ2) is 6.36. The molecule has 2 aromatic carbocycles. The quantitative estimate of drug-likeness (QED) is 0.614. The SMILES string of the molecule is Cc1cc(C)n(-c2nc3ccccc3nc2NCc2ccccc2)n1. The summed E-state index contributed by atoms with van der Waals surface area (Å²) in [6.07, 6.45) is 0. The lowest BCUT2D eigenvalue weighted by Crippen LogP contribution is -2.11. The normalized spacial score (nSPS) is 11.0. The van der Waals surface area contributed by atoms with E-state index in [0.29, 0.717) is 6.54 Å². The van der Waals surface area contributed by atoms with Gasteiger partial charge in [-0.15, -0.1) is 0 Å². The molecule has 0 radical (unpaired) electrons. The molecule has 0 aliphatic carbocycles. The summed E-state index contributed by atoms with van der Waals surface area (Å²) >= 11 is 0. The predicted molar refractivity (Wildman–Crippen MR) is 99.9 cm³/mol. The Hall–Kier alpha value is -3.21. The molecular formula is C20H19N5. The lowest BCUT2D eigenvalue weighted by atomic mass is 10.2. The van der Waals surface area contributed by atoms with Gasteiger partial charge in [0.1, 0.15) is 0 Å². The summed E-state index contributed by atoms with van der Waals surface area (Å²) in [4.78, 5) is 9.59. The van der Waals surface area contributed by atoms with Gasteiger partial charge >= 0.3 is 0 Å². The Morgan fingerprint density at radius 3 is 2.24 bits per heavy atom. The minimum Gasteiger partial charge on any atom is -0.363 e. The van der Waals surface area contributed by atoms with E-state index in [9.17, 15) is 0 Å². The molecular weight excluding hydrogens is 310 g/mol. The van der Waals surface area contributed by atoms with Crippen molar-refractivity contribution in [3.63, 3.8) is 0 Å². The molecule has 4 rings (SSSR count). The van der Waals surface area contributed by atoms with Gasteiger partial charge in [-0.3, -0.25) is 0 Å². The largest absolute Gasteiger partial charge is 0.363 e. The van der Waals surface area contributed by atoms with E-state index in [4.69, 9.17) is 9.97 Å². The highest BCUT2D eigenvalue weighted by Gasteiger charge is 2.14. The zero-order chi connectivity index (χ0) is 17.2. The standard InChI is InChI=1S/C20H19N5/c1-14-12-15(2)25(24-14)20-19(21-13-16-8-4-3-5-9-16)22-17-10-6-7-11-18(17)23-20/h3-12H,13H2,1-2H3,(H,21,22). The molecule has 0 unspecified atom stereocenters. The molecule has 4 aromatic rings. The number of aryl methyl sites for hydroxylation is 2. The zero-order valence-electron chi connectivity index (χ0n) is 14.3. The number of anilines is 1. The Bertz CT molecular complexity index is 1020. The summed E-state index contributed by atoms with van der Waals surface area (Å²) < 4.78 is 1.85. The van der Waals surface area contributed by atoms with E-state index >= 15 is 0 Å². The summed E-state index contributed by atoms with van der Waals surface area (Å²) in [7, 11) is 0. The van der Waals surface area contributed by atoms with Crippen LogP contribution in [0.4, 0.5) is 5.82 Å². The first kappa shape index (κ1) is 15.3. The van der Waals surface area contributed by atoms with E-state index in [2.05, 4.69) is 22.5 Å². The number of hydrogen-bond donors (Lipinski definition) is 1. The van der Waals surface area contributed by atoms with E-state index in [1.165, 1.54) is 5.56 Å². The number of rotatable bonds is 4. The van der Waals surface area contributed by atoms with E-state index in [-0.39, 0.29) is 0 Å². The minimum atomic E-state index is 0.681. The van der Waals surface area contributed by atoms with Crippen molar-refractivity contribution in [2.45, 2.75) is 20.4 Å². The molecule has 5 nitrogen and oxygen atoms in total. The summed E-state index contributed by atoms with van der Waals surface area (Å²) in [5, 5.41) is 8.00. The number of fused-ring (bicyclic) bond motifs is 1. The Balaban J connectivity index is 1.80. The molecule has 0 fully saturated rings. The fourth-order valence-corrected chi connectivity index (χ4v) is 2.88. The van der Waals surface area contributed by atoms with Gasteiger partial charge in [-0.25, -0.2) is 14.6 Å². The number of nitrogens with zero attached hydrogens (tertiary/aromatic N) is 4. The average molecular weight is 329 g/mol. The molecule has 2 aromatic heterocycles. The van der Waals surface area contributed by atoms with Gasteiger partial charge in [0.05, 0.1) is 16.7 Å². The first-order valence-corrected chi connectivity index (χ1v) is 8.29. The fourth-order valence-electron chi connectivity index (χ4n) is 2.88. The molecule has 0 saturated carbocycles. The van der Waals surface area contributed by atoms with Crippen LogP contribution in [0.25, 0.3) is 16.9 Å². The van der Waals surface area contributed by atoms with Crippen LogP contribution in [0.1, 0.15) is 17.0 Å². The maximum absolute atomic E-state index is 4.81. The molecule has 0 atom stereocenters. The molecule has 0 amide bonds. The summed E-state index contributed by atoms with van der Waals surface area (Å²) in [5.41, 5.74) is 4.90. The smallest absolute Gasteiger partial charge is 0.197 e. The maximum Gasteiger partial charge on any atom is 0.197 e. The van der Waals surface area contributed by atoms with E-state index in [1.54, 1.807) is 0 Å². The number of nitrogens with one attached hydrogen (secondary N) is 1. The van der Waals surface area contributed by atoms with Crippen LogP contribution in [0.3, 0.4) is 0 Å². The highest BCUT2D eigenvalue weighted by Crippen LogP contribution is 2.22. The first-order chi connectivity index (χ1) is 12.2. The van der Waals surface area contributed by atoms with Gasteiger partial charge in [0.15, 0.2) is 11.6 Å². The van der Waals surface area contributed by atoms with Crippen LogP contribution in [0.5, 0.6) is 0 Å². The molecule has 124 valence electrons. The Morgan fingerprint density at radius 2 is 1.56 bits per heavy atom. The zero-order valence-corrected chi connectivity index (χ0v) is 14.3. The number of para-hydroxylation sites is 2. The van der Waals surface area contributed by atoms with Crippen molar-refractivity contribution in [2.24, 2.45) is 0 Å². The number of benzene rings is 2. The van der Waals surface area contributed by atoms with Crippen molar-refractivity contribution in [1.82, 2.24) is 19.7 Å². The van der Waals surface area contributed by atoms with Crippen molar-refractivity contribution in [3.8, 4) is 5.82 Å². The minimum absolute atomic E-state index is 0.681. The van der Waals surface area contributed by atoms with Crippen molar-refractivity contribution in [2.75, 3.05) is 5.32 Å². The molecule has 0 spiro atoms. The average Bonchev–Trinajstić information content (AvgIpc) is 2.98. The topological polar surface area (TPSA) is 55.6 Å². The van der Waals surface area contributed by atoms with Gasteiger partial charge in [-0.05, 0) is 37.6 Å². The van der Waals surface area contributed by atoms with Gasteiger partial charge in [0, 0.05) is 12.2 Å². The summed E-state index contributed by atoms with van der Waals surface area (Å²) in [6.45, 7) is 4.69. The second-order valence-corrected chi connectivity index (χ2v) is 6.06. The molecule has 1 N–H and O–H groups in total. The van der Waals surface area contributed by atoms with E-state index in [1.807, 2.05) is 67.1 Å². The summed E-state index contributed by atoms with van der Waals surface area (Å²) in [5.74, 6) is 1.45. The van der Waals surface area contributed by atoms with Gasteiger partial charge < -0.3 is 5.32 Å². The Morgan fingerprint density at radius 1 is 0.880 bits per heavy atom. The Labute approximate surface area is 146 Å². The molecule has 0 aliphatic rings. The van der Waals surface area contributed by atoms with Crippen LogP contribution in [0.2, 0.25) is 0 Å². The monoisotopic (exact) mass is 329 g/mol. The van der Waals surface area contributed by atoms with Crippen LogP contribution < -0.4 is 5.32 Å². The highest BCUT2D eigenvalue weighted by atomic mass is 15.3. The molecule has 0 saturated heterocycles. The highest BCUT2D eigenvalue weighted by molar-refractivity contribution is 5.78. The third-order valence-corrected chi connectivity index (χ3v) is 4.07. The van der Waals surface area contributed by atoms with Crippen LogP contribution >= 0.6 is 0 Å². The molecule has 0 bridgehead atoms. The van der Waals surface area contributed by atoms with Crippen molar-refractivity contribution < 1.29 is 0 Å². The van der Waals surface area contributed by atoms with Crippen molar-refractivity contribution in [1.29, 1.82) is 0 Å².